The minimum absolute atomic E-state index is 2.05. The maximum absolute atomic E-state index is 12.8. The van der Waals surface area contributed by atoms with Crippen molar-refractivity contribution in [3.05, 3.63) is 0 Å². The van der Waals surface area contributed by atoms with Gasteiger partial charge in [-0.3, -0.25) is 0 Å². The van der Waals surface area contributed by atoms with Crippen LogP contribution in [0.15, 0.2) is 0 Å². The zero-order chi connectivity index (χ0) is 10.3. The Morgan fingerprint density at radius 1 is 1.31 bits per heavy atom. The molecular weight excluding hydrogens is 203 g/mol. The Balaban J connectivity index is 2.95. The monoisotopic (exact) mass is 206 g/mol. The lowest BCUT2D eigenvalue weighted by atomic mass is 10.2. The Morgan fingerprint density at radius 2 is 1.85 bits per heavy atom. The fourth-order valence-corrected chi connectivity index (χ4v) is 0.721. The molecule has 0 amide bonds. The zero-order valence-electron chi connectivity index (χ0n) is 5.90. The molecule has 2 unspecified atom stereocenters. The van der Waals surface area contributed by atoms with Gasteiger partial charge in [0.25, 0.3) is 0 Å². The molecule has 1 rings (SSSR count). The van der Waals surface area contributed by atoms with E-state index >= 15 is 0 Å². The van der Waals surface area contributed by atoms with Gasteiger partial charge in [-0.2, -0.15) is 13.2 Å². The molecule has 2 atom stereocenters. The van der Waals surface area contributed by atoms with Crippen LogP contribution < -0.4 is 0 Å². The first-order valence-electron chi connectivity index (χ1n) is 3.02. The van der Waals surface area contributed by atoms with Crippen LogP contribution in [0.4, 0.5) is 26.7 Å². The molecule has 3 nitrogen and oxygen atoms in total. The number of hydrogen-bond donors (Lipinski definition) is 0. The zero-order valence-corrected chi connectivity index (χ0v) is 5.90. The van der Waals surface area contributed by atoms with Gasteiger partial charge in [0, 0.05) is 0 Å². The molecule has 0 spiro atoms. The lowest BCUT2D eigenvalue weighted by Gasteiger charge is -2.22. The first-order chi connectivity index (χ1) is 5.83. The van der Waals surface area contributed by atoms with Gasteiger partial charge in [-0.05, 0) is 0 Å². The number of alkyl halides is 5. The topological polar surface area (TPSA) is 35.5 Å². The van der Waals surface area contributed by atoms with Gasteiger partial charge in [-0.1, -0.05) is 0 Å². The van der Waals surface area contributed by atoms with E-state index in [9.17, 15) is 26.7 Å². The smallest absolute Gasteiger partial charge is 0.383 e. The summed E-state index contributed by atoms with van der Waals surface area (Å²) in [6, 6.07) is 0. The Morgan fingerprint density at radius 3 is 2.15 bits per heavy atom. The largest absolute Gasteiger partial charge is 0.516 e. The molecule has 8 heteroatoms. The normalized spacial score (nSPS) is 33.8. The van der Waals surface area contributed by atoms with Crippen LogP contribution in [0.2, 0.25) is 0 Å². The summed E-state index contributed by atoms with van der Waals surface area (Å²) in [6.45, 7) is -2.05. The second-order valence-corrected chi connectivity index (χ2v) is 2.24. The Hall–Kier alpha value is -1.08. The van der Waals surface area contributed by atoms with Crippen molar-refractivity contribution in [3.8, 4) is 0 Å². The first kappa shape index (κ1) is 10.0. The first-order valence-corrected chi connectivity index (χ1v) is 3.02. The summed E-state index contributed by atoms with van der Waals surface area (Å²) in [5.41, 5.74) is 0. The molecule has 0 radical (unpaired) electrons. The third kappa shape index (κ3) is 1.29. The number of rotatable bonds is 2. The quantitative estimate of drug-likeness (QED) is 0.509. The predicted molar refractivity (Wildman–Crippen MR) is 27.2 cm³/mol. The standard InChI is InChI=1S/C5H3F5O3/c6-1-2(7)4(8)5(9,10)13-3(11)12-4/h2H,1H2. The van der Waals surface area contributed by atoms with E-state index in [2.05, 4.69) is 9.47 Å². The summed E-state index contributed by atoms with van der Waals surface area (Å²) < 4.78 is 67.6. The van der Waals surface area contributed by atoms with Crippen LogP contribution in [-0.2, 0) is 9.47 Å². The third-order valence-corrected chi connectivity index (χ3v) is 1.38. The van der Waals surface area contributed by atoms with E-state index in [0.29, 0.717) is 0 Å². The van der Waals surface area contributed by atoms with Gasteiger partial charge in [-0.15, -0.1) is 0 Å². The Labute approximate surface area is 68.4 Å². The summed E-state index contributed by atoms with van der Waals surface area (Å²) in [5.74, 6) is -4.38. The van der Waals surface area contributed by atoms with Crippen LogP contribution in [0, 0.1) is 0 Å². The summed E-state index contributed by atoms with van der Waals surface area (Å²) >= 11 is 0. The van der Waals surface area contributed by atoms with Gasteiger partial charge in [0.05, 0.1) is 0 Å². The molecule has 0 bridgehead atoms. The van der Waals surface area contributed by atoms with Crippen molar-refractivity contribution < 1.29 is 36.2 Å². The van der Waals surface area contributed by atoms with E-state index in [-0.39, 0.29) is 0 Å². The van der Waals surface area contributed by atoms with Crippen LogP contribution in [0.5, 0.6) is 0 Å². The average Bonchev–Trinajstić information content (AvgIpc) is 2.20. The number of carbonyl (C=O) groups is 1. The minimum atomic E-state index is -4.81. The number of cyclic esters (lactones) is 2. The molecule has 0 aliphatic carbocycles. The number of carbonyl (C=O) groups excluding carboxylic acids is 1. The lowest BCUT2D eigenvalue weighted by molar-refractivity contribution is -0.309. The molecule has 1 aliphatic rings. The van der Waals surface area contributed by atoms with Gasteiger partial charge in [0.2, 0.25) is 6.17 Å². The van der Waals surface area contributed by atoms with Crippen LogP contribution in [-0.4, -0.2) is 31.0 Å². The molecule has 13 heavy (non-hydrogen) atoms. The average molecular weight is 206 g/mol. The highest BCUT2D eigenvalue weighted by atomic mass is 19.3. The second-order valence-electron chi connectivity index (χ2n) is 2.24. The Bertz CT molecular complexity index is 232. The molecule has 1 aliphatic heterocycles. The van der Waals surface area contributed by atoms with Crippen LogP contribution >= 0.6 is 0 Å². The highest BCUT2D eigenvalue weighted by Crippen LogP contribution is 2.44. The fraction of sp³-hybridized carbons (Fsp3) is 0.800. The lowest BCUT2D eigenvalue weighted by Crippen LogP contribution is -2.50. The number of ether oxygens (including phenoxy) is 2. The van der Waals surface area contributed by atoms with E-state index in [4.69, 9.17) is 0 Å². The molecule has 76 valence electrons. The van der Waals surface area contributed by atoms with Crippen molar-refractivity contribution in [1.82, 2.24) is 0 Å². The maximum atomic E-state index is 12.8. The van der Waals surface area contributed by atoms with E-state index in [1.165, 1.54) is 0 Å². The predicted octanol–water partition coefficient (Wildman–Crippen LogP) is 1.72. The number of halogens is 5. The third-order valence-electron chi connectivity index (χ3n) is 1.38. The van der Waals surface area contributed by atoms with Crippen molar-refractivity contribution in [2.45, 2.75) is 18.1 Å². The van der Waals surface area contributed by atoms with E-state index in [1.54, 1.807) is 0 Å². The summed E-state index contributed by atoms with van der Waals surface area (Å²) in [4.78, 5) is 10.0. The molecule has 1 fully saturated rings. The highest BCUT2D eigenvalue weighted by molar-refractivity contribution is 5.63. The SMILES string of the molecule is O=C1OC(F)(F)C(F)(C(F)CF)O1. The van der Waals surface area contributed by atoms with Crippen LogP contribution in [0.1, 0.15) is 0 Å². The number of hydrogen-bond acceptors (Lipinski definition) is 3. The fourth-order valence-electron chi connectivity index (χ4n) is 0.721. The van der Waals surface area contributed by atoms with Crippen molar-refractivity contribution in [3.63, 3.8) is 0 Å². The molecular formula is C5H3F5O3. The Kier molecular flexibility index (Phi) is 2.08. The van der Waals surface area contributed by atoms with Crippen molar-refractivity contribution in [2.24, 2.45) is 0 Å². The molecule has 0 aromatic heterocycles. The van der Waals surface area contributed by atoms with E-state index < -0.39 is 31.0 Å². The molecule has 0 N–H and O–H groups in total. The van der Waals surface area contributed by atoms with Crippen molar-refractivity contribution in [2.75, 3.05) is 6.67 Å². The van der Waals surface area contributed by atoms with Crippen molar-refractivity contribution in [1.29, 1.82) is 0 Å². The van der Waals surface area contributed by atoms with Gasteiger partial charge >= 0.3 is 18.1 Å². The van der Waals surface area contributed by atoms with E-state index in [1.807, 2.05) is 0 Å². The summed E-state index contributed by atoms with van der Waals surface area (Å²) in [6.07, 6.45) is -10.2. The van der Waals surface area contributed by atoms with Gasteiger partial charge in [0.1, 0.15) is 6.67 Å². The summed E-state index contributed by atoms with van der Waals surface area (Å²) in [7, 11) is 0. The van der Waals surface area contributed by atoms with Crippen molar-refractivity contribution >= 4 is 6.16 Å². The molecule has 0 aromatic carbocycles. The van der Waals surface area contributed by atoms with E-state index in [0.717, 1.165) is 0 Å². The van der Waals surface area contributed by atoms with Crippen LogP contribution in [0.25, 0.3) is 0 Å². The van der Waals surface area contributed by atoms with Gasteiger partial charge in [0.15, 0.2) is 0 Å². The molecule has 1 heterocycles. The van der Waals surface area contributed by atoms with Gasteiger partial charge in [-0.25, -0.2) is 13.6 Å². The molecule has 1 saturated heterocycles. The molecule has 0 aromatic rings. The van der Waals surface area contributed by atoms with Crippen LogP contribution in [0.3, 0.4) is 0 Å². The highest BCUT2D eigenvalue weighted by Gasteiger charge is 2.73. The second kappa shape index (κ2) is 2.71. The molecule has 0 saturated carbocycles. The van der Waals surface area contributed by atoms with Gasteiger partial charge < -0.3 is 9.47 Å². The minimum Gasteiger partial charge on any atom is -0.383 e. The maximum Gasteiger partial charge on any atom is 0.516 e. The summed E-state index contributed by atoms with van der Waals surface area (Å²) in [5, 5.41) is 0.